The monoisotopic (exact) mass is 193 g/mol. The van der Waals surface area contributed by atoms with Crippen LogP contribution in [0.1, 0.15) is 0 Å². The topological polar surface area (TPSA) is 105 Å². The third-order valence-corrected chi connectivity index (χ3v) is 1.99. The van der Waals surface area contributed by atoms with Crippen molar-refractivity contribution in [2.75, 3.05) is 32.5 Å². The first-order valence-electron chi connectivity index (χ1n) is 3.48. The molecule has 0 bridgehead atoms. The molecule has 0 rings (SSSR count). The zero-order chi connectivity index (χ0) is 9.61. The maximum absolute atomic E-state index is 10.5. The highest BCUT2D eigenvalue weighted by atomic mass is 31.2. The molecule has 12 heavy (non-hydrogen) atoms. The fraction of sp³-hybridized carbons (Fsp3) is 1.00. The van der Waals surface area contributed by atoms with Gasteiger partial charge in [0.15, 0.2) is 0 Å². The third-order valence-electron chi connectivity index (χ3n) is 1.22. The fourth-order valence-corrected chi connectivity index (χ4v) is 1.60. The number of nitrogens with zero attached hydrogens (tertiary/aromatic N) is 3. The van der Waals surface area contributed by atoms with Crippen LogP contribution >= 0.6 is 7.60 Å². The first-order valence-corrected chi connectivity index (χ1v) is 5.28. The van der Waals surface area contributed by atoms with Gasteiger partial charge >= 0.3 is 7.60 Å². The zero-order valence-electron chi connectivity index (χ0n) is 6.63. The van der Waals surface area contributed by atoms with Crippen molar-refractivity contribution < 1.29 is 14.4 Å². The summed E-state index contributed by atoms with van der Waals surface area (Å²) in [6, 6.07) is 0. The minimum Gasteiger partial charge on any atom is -0.324 e. The van der Waals surface area contributed by atoms with Crippen molar-refractivity contribution in [2.45, 2.75) is 0 Å². The molecule has 2 N–H and O–H groups in total. The maximum atomic E-state index is 10.5. The third kappa shape index (κ3) is 6.72. The Morgan fingerprint density at radius 1 is 1.17 bits per heavy atom. The minimum atomic E-state index is -4.08. The van der Waals surface area contributed by atoms with Crippen molar-refractivity contribution >= 4 is 7.60 Å². The molecule has 0 aliphatic carbocycles. The molecular weight excluding hydrogens is 181 g/mol. The molecule has 6 nitrogen and oxygen atoms in total. The van der Waals surface area contributed by atoms with E-state index in [0.29, 0.717) is 0 Å². The first-order chi connectivity index (χ1) is 5.49. The van der Waals surface area contributed by atoms with Gasteiger partial charge in [-0.2, -0.15) is 0 Å². The molecule has 0 amide bonds. The van der Waals surface area contributed by atoms with Crippen molar-refractivity contribution in [1.29, 1.82) is 0 Å². The summed E-state index contributed by atoms with van der Waals surface area (Å²) in [4.78, 5) is 18.4. The summed E-state index contributed by atoms with van der Waals surface area (Å²) in [7, 11) is -4.08. The van der Waals surface area contributed by atoms with Gasteiger partial charge in [-0.15, -0.1) is 11.5 Å². The van der Waals surface area contributed by atoms with Crippen LogP contribution < -0.4 is 11.5 Å². The number of hydrogen-bond acceptors (Lipinski definition) is 2. The Morgan fingerprint density at radius 2 is 1.58 bits per heavy atom. The van der Waals surface area contributed by atoms with Gasteiger partial charge in [0.1, 0.15) is 6.29 Å². The van der Waals surface area contributed by atoms with E-state index in [2.05, 4.69) is 0 Å². The van der Waals surface area contributed by atoms with Crippen molar-refractivity contribution in [3.8, 4) is 0 Å². The second kappa shape index (κ2) is 5.64. The lowest BCUT2D eigenvalue weighted by Crippen LogP contribution is -2.31. The lowest BCUT2D eigenvalue weighted by Gasteiger charge is -2.19. The molecule has 0 aliphatic rings. The van der Waals surface area contributed by atoms with Gasteiger partial charge in [0.25, 0.3) is 0 Å². The van der Waals surface area contributed by atoms with Gasteiger partial charge in [0, 0.05) is 26.2 Å². The average molecular weight is 193 g/mol. The summed E-state index contributed by atoms with van der Waals surface area (Å²) >= 11 is 0. The van der Waals surface area contributed by atoms with Gasteiger partial charge in [-0.1, -0.05) is 0 Å². The van der Waals surface area contributed by atoms with Gasteiger partial charge < -0.3 is 9.79 Å². The van der Waals surface area contributed by atoms with Crippen LogP contribution in [-0.4, -0.2) is 47.2 Å². The predicted octanol–water partition coefficient (Wildman–Crippen LogP) is -1.44. The molecule has 0 aromatic rings. The quantitative estimate of drug-likeness (QED) is 0.504. The Bertz CT molecular complexity index is 154. The molecule has 0 aliphatic heterocycles. The molecule has 0 aromatic carbocycles. The van der Waals surface area contributed by atoms with Crippen molar-refractivity contribution in [1.82, 2.24) is 16.4 Å². The molecule has 0 unspecified atom stereocenters. The van der Waals surface area contributed by atoms with Crippen LogP contribution in [-0.2, 0) is 4.57 Å². The molecule has 4 radical (unpaired) electrons. The lowest BCUT2D eigenvalue weighted by atomic mass is 10.5. The van der Waals surface area contributed by atoms with Crippen molar-refractivity contribution in [2.24, 2.45) is 0 Å². The molecule has 0 saturated carbocycles. The Kier molecular flexibility index (Phi) is 5.65. The molecule has 0 spiro atoms. The maximum Gasteiger partial charge on any atom is 0.339 e. The van der Waals surface area contributed by atoms with E-state index in [9.17, 15) is 4.57 Å². The van der Waals surface area contributed by atoms with E-state index in [-0.39, 0.29) is 26.2 Å². The lowest BCUT2D eigenvalue weighted by molar-refractivity contribution is 0.285. The van der Waals surface area contributed by atoms with Crippen molar-refractivity contribution in [3.05, 3.63) is 0 Å². The van der Waals surface area contributed by atoms with Crippen molar-refractivity contribution in [3.63, 3.8) is 0 Å². The standard InChI is InChI=1S/C5H12N3O3P/c6-1-3-8(4-2-7)5-12(9,10)11/h1-5H2,(H2,9,10,11). The molecule has 0 atom stereocenters. The minimum absolute atomic E-state index is 0.158. The van der Waals surface area contributed by atoms with E-state index in [0.717, 1.165) is 0 Å². The SMILES string of the molecule is [N]CCN(CC[N])CP(=O)(O)O. The summed E-state index contributed by atoms with van der Waals surface area (Å²) in [5, 5.41) is 0. The van der Waals surface area contributed by atoms with E-state index in [1.807, 2.05) is 0 Å². The van der Waals surface area contributed by atoms with E-state index in [1.54, 1.807) is 0 Å². The zero-order valence-corrected chi connectivity index (χ0v) is 7.52. The fourth-order valence-electron chi connectivity index (χ4n) is 0.797. The Morgan fingerprint density at radius 3 is 1.83 bits per heavy atom. The molecule has 70 valence electrons. The summed E-state index contributed by atoms with van der Waals surface area (Å²) in [6.45, 7) is -0.0443. The molecule has 0 aromatic heterocycles. The predicted molar refractivity (Wildman–Crippen MR) is 42.5 cm³/mol. The molecule has 0 saturated heterocycles. The summed E-state index contributed by atoms with van der Waals surface area (Å²) in [6.07, 6.45) is -0.423. The normalized spacial score (nSPS) is 12.4. The van der Waals surface area contributed by atoms with E-state index >= 15 is 0 Å². The molecule has 0 heterocycles. The van der Waals surface area contributed by atoms with Crippen LogP contribution in [0.25, 0.3) is 0 Å². The highest BCUT2D eigenvalue weighted by Gasteiger charge is 2.17. The van der Waals surface area contributed by atoms with E-state index in [4.69, 9.17) is 21.3 Å². The van der Waals surface area contributed by atoms with Gasteiger partial charge in [0.05, 0.1) is 0 Å². The smallest absolute Gasteiger partial charge is 0.324 e. The molecule has 7 heteroatoms. The van der Waals surface area contributed by atoms with E-state index < -0.39 is 13.9 Å². The first kappa shape index (κ1) is 12.0. The summed E-state index contributed by atoms with van der Waals surface area (Å²) in [5.74, 6) is 0. The van der Waals surface area contributed by atoms with E-state index in [1.165, 1.54) is 4.90 Å². The largest absolute Gasteiger partial charge is 0.339 e. The summed E-state index contributed by atoms with van der Waals surface area (Å²) < 4.78 is 10.5. The van der Waals surface area contributed by atoms with Crippen LogP contribution in [0, 0.1) is 0 Å². The highest BCUT2D eigenvalue weighted by Crippen LogP contribution is 2.34. The van der Waals surface area contributed by atoms with Crippen LogP contribution in [0.5, 0.6) is 0 Å². The highest BCUT2D eigenvalue weighted by molar-refractivity contribution is 7.51. The summed E-state index contributed by atoms with van der Waals surface area (Å²) in [5.41, 5.74) is 17.0. The molecular formula is C5H12N3O3P. The van der Waals surface area contributed by atoms with Gasteiger partial charge in [0.2, 0.25) is 0 Å². The molecule has 0 fully saturated rings. The Hall–Kier alpha value is 0.0300. The number of rotatable bonds is 6. The van der Waals surface area contributed by atoms with Crippen LogP contribution in [0.2, 0.25) is 0 Å². The van der Waals surface area contributed by atoms with Gasteiger partial charge in [-0.05, 0) is 0 Å². The second-order valence-electron chi connectivity index (χ2n) is 2.37. The Labute approximate surface area is 71.7 Å². The van der Waals surface area contributed by atoms with Crippen LogP contribution in [0.4, 0.5) is 0 Å². The van der Waals surface area contributed by atoms with Crippen LogP contribution in [0.3, 0.4) is 0 Å². The van der Waals surface area contributed by atoms with Gasteiger partial charge in [-0.3, -0.25) is 9.46 Å². The second-order valence-corrected chi connectivity index (χ2v) is 3.98. The van der Waals surface area contributed by atoms with Gasteiger partial charge in [-0.25, -0.2) is 0 Å². The average Bonchev–Trinajstić information content (AvgIpc) is 1.84. The number of hydrogen-bond donors (Lipinski definition) is 2. The van der Waals surface area contributed by atoms with Crippen LogP contribution in [0.15, 0.2) is 0 Å². The Balaban J connectivity index is 3.86.